The van der Waals surface area contributed by atoms with Crippen molar-refractivity contribution in [2.24, 2.45) is 0 Å². The van der Waals surface area contributed by atoms with Gasteiger partial charge in [0.2, 0.25) is 0 Å². The number of nitrogens with zero attached hydrogens (tertiary/aromatic N) is 2. The molecule has 1 aromatic heterocycles. The highest BCUT2D eigenvalue weighted by molar-refractivity contribution is 7.99. The summed E-state index contributed by atoms with van der Waals surface area (Å²) >= 11 is 1.60. The molecule has 92 valence electrons. The van der Waals surface area contributed by atoms with Crippen molar-refractivity contribution in [2.75, 3.05) is 26.7 Å². The molecule has 0 bridgehead atoms. The van der Waals surface area contributed by atoms with Crippen molar-refractivity contribution >= 4 is 20.8 Å². The summed E-state index contributed by atoms with van der Waals surface area (Å²) in [6.07, 6.45) is 4.63. The average molecular weight is 262 g/mol. The zero-order chi connectivity index (χ0) is 12.0. The van der Waals surface area contributed by atoms with Crippen LogP contribution in [0.1, 0.15) is 12.7 Å². The quantitative estimate of drug-likeness (QED) is 0.694. The summed E-state index contributed by atoms with van der Waals surface area (Å²) in [6, 6.07) is 0. The molecule has 0 saturated carbocycles. The number of rotatable bonds is 7. The molecule has 0 N–H and O–H groups in total. The lowest BCUT2D eigenvalue weighted by molar-refractivity contribution is 0.130. The van der Waals surface area contributed by atoms with Crippen LogP contribution in [0.5, 0.6) is 0 Å². The van der Waals surface area contributed by atoms with E-state index in [1.807, 2.05) is 10.2 Å². The third-order valence-electron chi connectivity index (χ3n) is 2.31. The van der Waals surface area contributed by atoms with Crippen molar-refractivity contribution in [3.8, 4) is 0 Å². The second kappa shape index (κ2) is 6.41. The van der Waals surface area contributed by atoms with Crippen LogP contribution < -0.4 is 0 Å². The molecular weight excluding hydrogens is 244 g/mol. The van der Waals surface area contributed by atoms with Crippen molar-refractivity contribution in [1.82, 2.24) is 8.96 Å². The van der Waals surface area contributed by atoms with Crippen LogP contribution in [0.15, 0.2) is 12.4 Å². The van der Waals surface area contributed by atoms with Crippen LogP contribution in [0.4, 0.5) is 0 Å². The highest BCUT2D eigenvalue weighted by atomic mass is 32.2. The Morgan fingerprint density at radius 2 is 1.94 bits per heavy atom. The fourth-order valence-corrected chi connectivity index (χ4v) is 4.83. The van der Waals surface area contributed by atoms with E-state index in [4.69, 9.17) is 13.3 Å². The van der Waals surface area contributed by atoms with Crippen molar-refractivity contribution in [3.63, 3.8) is 0 Å². The Hall–Kier alpha value is -0.343. The highest BCUT2D eigenvalue weighted by Crippen LogP contribution is 2.18. The van der Waals surface area contributed by atoms with Gasteiger partial charge in [-0.2, -0.15) is 0 Å². The minimum Gasteiger partial charge on any atom is -0.376 e. The standard InChI is InChI=1S/C9H18N2O3SSi/c1-5-9-10-6-7-11(9)15-8-16(12-2,13-3)14-4/h6-7H,5,8H2,1-4H3. The predicted molar refractivity (Wildman–Crippen MR) is 66.2 cm³/mol. The van der Waals surface area contributed by atoms with E-state index in [0.29, 0.717) is 5.38 Å². The van der Waals surface area contributed by atoms with Gasteiger partial charge in [0.05, 0.1) is 5.38 Å². The van der Waals surface area contributed by atoms with Gasteiger partial charge < -0.3 is 13.3 Å². The predicted octanol–water partition coefficient (Wildman–Crippen LogP) is 1.36. The molecule has 0 amide bonds. The number of hydrogen-bond acceptors (Lipinski definition) is 5. The molecule has 1 aromatic rings. The summed E-state index contributed by atoms with van der Waals surface area (Å²) in [5.74, 6) is 1.04. The Morgan fingerprint density at radius 1 is 1.31 bits per heavy atom. The van der Waals surface area contributed by atoms with E-state index in [9.17, 15) is 0 Å². The lowest BCUT2D eigenvalue weighted by atomic mass is 10.5. The van der Waals surface area contributed by atoms with Crippen molar-refractivity contribution in [2.45, 2.75) is 13.3 Å². The van der Waals surface area contributed by atoms with Gasteiger partial charge in [0.1, 0.15) is 5.82 Å². The lowest BCUT2D eigenvalue weighted by Crippen LogP contribution is -2.46. The first-order chi connectivity index (χ1) is 7.71. The molecule has 0 aliphatic rings. The van der Waals surface area contributed by atoms with E-state index >= 15 is 0 Å². The molecule has 5 nitrogen and oxygen atoms in total. The second-order valence-corrected chi connectivity index (χ2v) is 7.49. The van der Waals surface area contributed by atoms with E-state index in [1.54, 1.807) is 39.5 Å². The molecule has 0 radical (unpaired) electrons. The zero-order valence-electron chi connectivity index (χ0n) is 10.1. The van der Waals surface area contributed by atoms with E-state index in [0.717, 1.165) is 12.2 Å². The molecular formula is C9H18N2O3SSi. The molecule has 1 rings (SSSR count). The fourth-order valence-electron chi connectivity index (χ4n) is 1.26. The highest BCUT2D eigenvalue weighted by Gasteiger charge is 2.38. The van der Waals surface area contributed by atoms with Gasteiger partial charge in [0, 0.05) is 40.1 Å². The maximum Gasteiger partial charge on any atom is 0.512 e. The van der Waals surface area contributed by atoms with Crippen LogP contribution in [0.2, 0.25) is 0 Å². The molecule has 0 fully saturated rings. The molecule has 0 aliphatic carbocycles. The Labute approximate surface area is 102 Å². The fraction of sp³-hybridized carbons (Fsp3) is 0.667. The van der Waals surface area contributed by atoms with Gasteiger partial charge in [-0.05, 0) is 11.9 Å². The van der Waals surface area contributed by atoms with Crippen LogP contribution >= 0.6 is 11.9 Å². The maximum absolute atomic E-state index is 5.35. The monoisotopic (exact) mass is 262 g/mol. The Balaban J connectivity index is 2.62. The smallest absolute Gasteiger partial charge is 0.376 e. The van der Waals surface area contributed by atoms with Crippen molar-refractivity contribution in [3.05, 3.63) is 18.2 Å². The molecule has 0 atom stereocenters. The minimum absolute atomic E-state index is 0.667. The van der Waals surface area contributed by atoms with Crippen molar-refractivity contribution < 1.29 is 13.3 Å². The minimum atomic E-state index is -2.49. The molecule has 0 spiro atoms. The molecule has 0 aromatic carbocycles. The SMILES string of the molecule is CCc1nccn1SC[Si](OC)(OC)OC. The van der Waals surface area contributed by atoms with Gasteiger partial charge in [0.15, 0.2) is 0 Å². The van der Waals surface area contributed by atoms with E-state index < -0.39 is 8.80 Å². The summed E-state index contributed by atoms with van der Waals surface area (Å²) in [6.45, 7) is 2.08. The van der Waals surface area contributed by atoms with Gasteiger partial charge in [-0.25, -0.2) is 4.98 Å². The van der Waals surface area contributed by atoms with Crippen molar-refractivity contribution in [1.29, 1.82) is 0 Å². The third kappa shape index (κ3) is 3.08. The number of imidazole rings is 1. The average Bonchev–Trinajstić information content (AvgIpc) is 2.79. The second-order valence-electron chi connectivity index (χ2n) is 3.09. The number of aryl methyl sites for hydroxylation is 1. The molecule has 7 heteroatoms. The Morgan fingerprint density at radius 3 is 2.44 bits per heavy atom. The summed E-state index contributed by atoms with van der Waals surface area (Å²) in [4.78, 5) is 4.25. The Kier molecular flexibility index (Phi) is 5.49. The first-order valence-corrected chi connectivity index (χ1v) is 7.89. The Bertz CT molecular complexity index is 309. The van der Waals surface area contributed by atoms with Crippen LogP contribution in [0, 0.1) is 0 Å². The summed E-state index contributed by atoms with van der Waals surface area (Å²) in [7, 11) is 2.36. The van der Waals surface area contributed by atoms with Gasteiger partial charge in [0.25, 0.3) is 0 Å². The van der Waals surface area contributed by atoms with Gasteiger partial charge in [-0.3, -0.25) is 3.97 Å². The molecule has 16 heavy (non-hydrogen) atoms. The summed E-state index contributed by atoms with van der Waals surface area (Å²) < 4.78 is 18.1. The molecule has 0 unspecified atom stereocenters. The third-order valence-corrected chi connectivity index (χ3v) is 6.72. The zero-order valence-corrected chi connectivity index (χ0v) is 11.9. The van der Waals surface area contributed by atoms with Gasteiger partial charge in [-0.1, -0.05) is 6.92 Å². The summed E-state index contributed by atoms with van der Waals surface area (Å²) in [5, 5.41) is 0.667. The lowest BCUT2D eigenvalue weighted by Gasteiger charge is -2.23. The first-order valence-electron chi connectivity index (χ1n) is 5.02. The largest absolute Gasteiger partial charge is 0.512 e. The normalized spacial score (nSPS) is 12.0. The van der Waals surface area contributed by atoms with Crippen LogP contribution in [0.25, 0.3) is 0 Å². The molecule has 1 heterocycles. The first kappa shape index (κ1) is 13.7. The van der Waals surface area contributed by atoms with E-state index in [-0.39, 0.29) is 0 Å². The maximum atomic E-state index is 5.35. The van der Waals surface area contributed by atoms with Crippen LogP contribution in [0.3, 0.4) is 0 Å². The van der Waals surface area contributed by atoms with E-state index in [2.05, 4.69) is 11.9 Å². The van der Waals surface area contributed by atoms with Gasteiger partial charge >= 0.3 is 8.80 Å². The van der Waals surface area contributed by atoms with Gasteiger partial charge in [-0.15, -0.1) is 0 Å². The van der Waals surface area contributed by atoms with Crippen LogP contribution in [-0.2, 0) is 19.7 Å². The number of hydrogen-bond donors (Lipinski definition) is 0. The number of aromatic nitrogens is 2. The summed E-state index contributed by atoms with van der Waals surface area (Å²) in [5.41, 5.74) is 0. The topological polar surface area (TPSA) is 45.5 Å². The molecule has 0 saturated heterocycles. The van der Waals surface area contributed by atoms with Crippen LogP contribution in [-0.4, -0.2) is 44.5 Å². The van der Waals surface area contributed by atoms with E-state index in [1.165, 1.54) is 0 Å². The molecule has 0 aliphatic heterocycles.